The molecule has 5 heteroatoms. The number of hydrogen-bond donors (Lipinski definition) is 2. The summed E-state index contributed by atoms with van der Waals surface area (Å²) in [6.07, 6.45) is 2.16. The van der Waals surface area contributed by atoms with Crippen LogP contribution in [0.5, 0.6) is 0 Å². The molecule has 1 amide bonds. The summed E-state index contributed by atoms with van der Waals surface area (Å²) in [4.78, 5) is 16.5. The van der Waals surface area contributed by atoms with E-state index in [2.05, 4.69) is 31.5 Å². The van der Waals surface area contributed by atoms with Gasteiger partial charge in [0.05, 0.1) is 11.2 Å². The minimum atomic E-state index is -0.0218. The van der Waals surface area contributed by atoms with Crippen LogP contribution >= 0.6 is 15.9 Å². The van der Waals surface area contributed by atoms with E-state index in [-0.39, 0.29) is 5.91 Å². The van der Waals surface area contributed by atoms with Gasteiger partial charge in [0.15, 0.2) is 0 Å². The molecule has 0 radical (unpaired) electrons. The second kappa shape index (κ2) is 7.45. The number of aromatic nitrogens is 1. The lowest BCUT2D eigenvalue weighted by molar-refractivity contribution is -0.115. The quantitative estimate of drug-likeness (QED) is 0.668. The molecule has 4 nitrogen and oxygen atoms in total. The van der Waals surface area contributed by atoms with Crippen LogP contribution in [0.2, 0.25) is 0 Å². The number of halogens is 1. The second-order valence-electron chi connectivity index (χ2n) is 5.57. The van der Waals surface area contributed by atoms with Gasteiger partial charge in [-0.05, 0) is 36.8 Å². The van der Waals surface area contributed by atoms with E-state index in [0.29, 0.717) is 13.0 Å². The maximum atomic E-state index is 12.1. The number of carbonyl (C=O) groups excluding carboxylic acids is 1. The second-order valence-corrected chi connectivity index (χ2v) is 6.42. The van der Waals surface area contributed by atoms with Crippen molar-refractivity contribution in [1.82, 2.24) is 4.98 Å². The predicted octanol–water partition coefficient (Wildman–Crippen LogP) is 4.75. The fourth-order valence-corrected chi connectivity index (χ4v) is 2.83. The molecule has 0 aliphatic heterocycles. The third-order valence-corrected chi connectivity index (χ3v) is 4.61. The lowest BCUT2D eigenvalue weighted by Crippen LogP contribution is -2.16. The van der Waals surface area contributed by atoms with Crippen LogP contribution in [-0.4, -0.2) is 17.4 Å². The van der Waals surface area contributed by atoms with Gasteiger partial charge in [-0.1, -0.05) is 40.2 Å². The molecule has 0 bridgehead atoms. The number of anilines is 2. The average molecular weight is 384 g/mol. The molecule has 1 aromatic heterocycles. The fraction of sp³-hybridized carbons (Fsp3) is 0.158. The van der Waals surface area contributed by atoms with Gasteiger partial charge in [0.1, 0.15) is 0 Å². The van der Waals surface area contributed by atoms with Gasteiger partial charge < -0.3 is 10.6 Å². The lowest BCUT2D eigenvalue weighted by Gasteiger charge is -2.10. The number of pyridine rings is 1. The number of nitrogens with zero attached hydrogens (tertiary/aromatic N) is 1. The molecule has 2 aromatic carbocycles. The standard InChI is InChI=1S/C19H18BrN3O/c1-13-7-8-15(12-16(13)20)23-18(24)9-11-21-17-6-2-4-14-5-3-10-22-19(14)17/h2-8,10,12,21H,9,11H2,1H3,(H,23,24). The zero-order valence-corrected chi connectivity index (χ0v) is 14.9. The summed E-state index contributed by atoms with van der Waals surface area (Å²) in [6, 6.07) is 15.7. The minimum Gasteiger partial charge on any atom is -0.383 e. The van der Waals surface area contributed by atoms with Crippen LogP contribution in [0.1, 0.15) is 12.0 Å². The first-order chi connectivity index (χ1) is 11.6. The van der Waals surface area contributed by atoms with E-state index in [1.807, 2.05) is 55.5 Å². The molecule has 122 valence electrons. The first kappa shape index (κ1) is 16.5. The van der Waals surface area contributed by atoms with Crippen molar-refractivity contribution in [3.63, 3.8) is 0 Å². The molecule has 0 unspecified atom stereocenters. The van der Waals surface area contributed by atoms with E-state index in [4.69, 9.17) is 0 Å². The maximum Gasteiger partial charge on any atom is 0.226 e. The summed E-state index contributed by atoms with van der Waals surface area (Å²) in [5.74, 6) is -0.0218. The molecule has 0 atom stereocenters. The zero-order valence-electron chi connectivity index (χ0n) is 13.3. The first-order valence-electron chi connectivity index (χ1n) is 7.77. The largest absolute Gasteiger partial charge is 0.383 e. The van der Waals surface area contributed by atoms with Crippen LogP contribution in [0.3, 0.4) is 0 Å². The van der Waals surface area contributed by atoms with Crippen molar-refractivity contribution in [2.24, 2.45) is 0 Å². The topological polar surface area (TPSA) is 54.0 Å². The molecule has 0 spiro atoms. The Labute approximate surface area is 149 Å². The first-order valence-corrected chi connectivity index (χ1v) is 8.56. The Morgan fingerprint density at radius 1 is 1.17 bits per heavy atom. The van der Waals surface area contributed by atoms with Crippen LogP contribution in [0.25, 0.3) is 10.9 Å². The molecule has 3 aromatic rings. The monoisotopic (exact) mass is 383 g/mol. The van der Waals surface area contributed by atoms with Crippen molar-refractivity contribution >= 4 is 44.1 Å². The van der Waals surface area contributed by atoms with Crippen LogP contribution < -0.4 is 10.6 Å². The lowest BCUT2D eigenvalue weighted by atomic mass is 10.2. The molecule has 0 saturated carbocycles. The SMILES string of the molecule is Cc1ccc(NC(=O)CCNc2cccc3cccnc23)cc1Br. The summed E-state index contributed by atoms with van der Waals surface area (Å²) >= 11 is 3.47. The summed E-state index contributed by atoms with van der Waals surface area (Å²) in [5, 5.41) is 7.28. The zero-order chi connectivity index (χ0) is 16.9. The van der Waals surface area contributed by atoms with E-state index in [0.717, 1.165) is 32.3 Å². The highest BCUT2D eigenvalue weighted by Gasteiger charge is 2.05. The van der Waals surface area contributed by atoms with Crippen molar-refractivity contribution in [1.29, 1.82) is 0 Å². The van der Waals surface area contributed by atoms with Gasteiger partial charge in [-0.3, -0.25) is 9.78 Å². The van der Waals surface area contributed by atoms with Gasteiger partial charge in [0.25, 0.3) is 0 Å². The van der Waals surface area contributed by atoms with E-state index in [9.17, 15) is 4.79 Å². The molecule has 0 saturated heterocycles. The smallest absolute Gasteiger partial charge is 0.226 e. The normalized spacial score (nSPS) is 10.6. The molecule has 0 fully saturated rings. The number of rotatable bonds is 5. The Morgan fingerprint density at radius 3 is 2.83 bits per heavy atom. The van der Waals surface area contributed by atoms with E-state index >= 15 is 0 Å². The Balaban J connectivity index is 1.57. The Morgan fingerprint density at radius 2 is 2.00 bits per heavy atom. The van der Waals surface area contributed by atoms with Gasteiger partial charge in [-0.15, -0.1) is 0 Å². The number of fused-ring (bicyclic) bond motifs is 1. The van der Waals surface area contributed by atoms with E-state index < -0.39 is 0 Å². The Hall–Kier alpha value is -2.40. The van der Waals surface area contributed by atoms with Crippen molar-refractivity contribution < 1.29 is 4.79 Å². The molecular weight excluding hydrogens is 366 g/mol. The highest BCUT2D eigenvalue weighted by molar-refractivity contribution is 9.10. The van der Waals surface area contributed by atoms with Crippen molar-refractivity contribution in [2.75, 3.05) is 17.2 Å². The van der Waals surface area contributed by atoms with Gasteiger partial charge >= 0.3 is 0 Å². The summed E-state index contributed by atoms with van der Waals surface area (Å²) < 4.78 is 0.986. The molecule has 1 heterocycles. The predicted molar refractivity (Wildman–Crippen MR) is 102 cm³/mol. The molecular formula is C19H18BrN3O. The Kier molecular flexibility index (Phi) is 5.11. The highest BCUT2D eigenvalue weighted by Crippen LogP contribution is 2.22. The van der Waals surface area contributed by atoms with Crippen LogP contribution in [0.15, 0.2) is 59.2 Å². The van der Waals surface area contributed by atoms with Gasteiger partial charge in [-0.2, -0.15) is 0 Å². The average Bonchev–Trinajstić information content (AvgIpc) is 2.58. The van der Waals surface area contributed by atoms with E-state index in [1.54, 1.807) is 6.20 Å². The summed E-state index contributed by atoms with van der Waals surface area (Å²) in [6.45, 7) is 2.56. The van der Waals surface area contributed by atoms with E-state index in [1.165, 1.54) is 0 Å². The number of benzene rings is 2. The minimum absolute atomic E-state index is 0.0218. The number of carbonyl (C=O) groups is 1. The third kappa shape index (κ3) is 3.92. The molecule has 2 N–H and O–H groups in total. The summed E-state index contributed by atoms with van der Waals surface area (Å²) in [5.41, 5.74) is 3.80. The highest BCUT2D eigenvalue weighted by atomic mass is 79.9. The van der Waals surface area contributed by atoms with Crippen LogP contribution in [0.4, 0.5) is 11.4 Å². The van der Waals surface area contributed by atoms with Gasteiger partial charge in [0.2, 0.25) is 5.91 Å². The summed E-state index contributed by atoms with van der Waals surface area (Å²) in [7, 11) is 0. The number of aryl methyl sites for hydroxylation is 1. The van der Waals surface area contributed by atoms with Gasteiger partial charge in [0, 0.05) is 34.7 Å². The van der Waals surface area contributed by atoms with Crippen molar-refractivity contribution in [3.8, 4) is 0 Å². The molecule has 3 rings (SSSR count). The van der Waals surface area contributed by atoms with Crippen molar-refractivity contribution in [3.05, 3.63) is 64.8 Å². The Bertz CT molecular complexity index is 874. The third-order valence-electron chi connectivity index (χ3n) is 3.76. The maximum absolute atomic E-state index is 12.1. The number of nitrogens with one attached hydrogen (secondary N) is 2. The molecule has 24 heavy (non-hydrogen) atoms. The van der Waals surface area contributed by atoms with Crippen molar-refractivity contribution in [2.45, 2.75) is 13.3 Å². The number of hydrogen-bond acceptors (Lipinski definition) is 3. The van der Waals surface area contributed by atoms with Gasteiger partial charge in [-0.25, -0.2) is 0 Å². The molecule has 0 aliphatic rings. The number of amides is 1. The fourth-order valence-electron chi connectivity index (χ4n) is 2.45. The van der Waals surface area contributed by atoms with Crippen LogP contribution in [0, 0.1) is 6.92 Å². The number of para-hydroxylation sites is 1. The molecule has 0 aliphatic carbocycles. The van der Waals surface area contributed by atoms with Crippen LogP contribution in [-0.2, 0) is 4.79 Å².